The first-order valence-electron chi connectivity index (χ1n) is 10.4. The standard InChI is InChI=1S/C23H25N3O4/c1-28-18-7-4-16(5-8-18)19-13-20(17-6-9-21-22(12-17)30-15-29-21)26(24-19)23(27)14-25-10-2-3-11-25/h4-9,12,20H,2-3,10-11,13-15H2,1H3/t20-/m1/s1. The van der Waals surface area contributed by atoms with Crippen LogP contribution >= 0.6 is 0 Å². The first-order valence-corrected chi connectivity index (χ1v) is 10.4. The summed E-state index contributed by atoms with van der Waals surface area (Å²) in [6.45, 7) is 2.59. The van der Waals surface area contributed by atoms with E-state index in [1.807, 2.05) is 42.5 Å². The Labute approximate surface area is 175 Å². The topological polar surface area (TPSA) is 63.6 Å². The second kappa shape index (κ2) is 7.99. The highest BCUT2D eigenvalue weighted by Gasteiger charge is 2.34. The van der Waals surface area contributed by atoms with Gasteiger partial charge in [0.2, 0.25) is 6.79 Å². The molecular weight excluding hydrogens is 382 g/mol. The molecule has 2 aromatic rings. The number of methoxy groups -OCH3 is 1. The molecule has 0 bridgehead atoms. The Balaban J connectivity index is 1.44. The lowest BCUT2D eigenvalue weighted by atomic mass is 9.98. The number of hydrogen-bond donors (Lipinski definition) is 0. The van der Waals surface area contributed by atoms with Gasteiger partial charge in [-0.1, -0.05) is 6.07 Å². The molecule has 0 aliphatic carbocycles. The Morgan fingerprint density at radius 2 is 1.87 bits per heavy atom. The summed E-state index contributed by atoms with van der Waals surface area (Å²) >= 11 is 0. The van der Waals surface area contributed by atoms with Gasteiger partial charge in [-0.2, -0.15) is 5.10 Å². The number of fused-ring (bicyclic) bond motifs is 1. The molecule has 0 unspecified atom stereocenters. The summed E-state index contributed by atoms with van der Waals surface area (Å²) in [5, 5.41) is 6.43. The van der Waals surface area contributed by atoms with Crippen LogP contribution in [0.4, 0.5) is 0 Å². The quantitative estimate of drug-likeness (QED) is 0.762. The van der Waals surface area contributed by atoms with E-state index >= 15 is 0 Å². The summed E-state index contributed by atoms with van der Waals surface area (Å²) in [5.74, 6) is 2.29. The maximum Gasteiger partial charge on any atom is 0.257 e. The van der Waals surface area contributed by atoms with Gasteiger partial charge in [-0.15, -0.1) is 0 Å². The van der Waals surface area contributed by atoms with E-state index in [1.54, 1.807) is 12.1 Å². The molecule has 1 saturated heterocycles. The Bertz CT molecular complexity index is 967. The van der Waals surface area contributed by atoms with Gasteiger partial charge in [-0.05, 0) is 73.5 Å². The van der Waals surface area contributed by atoms with Crippen LogP contribution in [0.3, 0.4) is 0 Å². The molecule has 0 radical (unpaired) electrons. The Kier molecular flexibility index (Phi) is 5.04. The largest absolute Gasteiger partial charge is 0.497 e. The number of ether oxygens (including phenoxy) is 3. The molecule has 156 valence electrons. The van der Waals surface area contributed by atoms with E-state index in [4.69, 9.17) is 19.3 Å². The third-order valence-corrected chi connectivity index (χ3v) is 5.93. The van der Waals surface area contributed by atoms with Gasteiger partial charge >= 0.3 is 0 Å². The lowest BCUT2D eigenvalue weighted by molar-refractivity contribution is -0.134. The molecule has 5 rings (SSSR count). The second-order valence-corrected chi connectivity index (χ2v) is 7.83. The fraction of sp³-hybridized carbons (Fsp3) is 0.391. The van der Waals surface area contributed by atoms with Crippen LogP contribution in [-0.2, 0) is 4.79 Å². The van der Waals surface area contributed by atoms with Crippen LogP contribution in [0.1, 0.15) is 36.4 Å². The molecule has 1 fully saturated rings. The number of benzene rings is 2. The number of carbonyl (C=O) groups excluding carboxylic acids is 1. The van der Waals surface area contributed by atoms with Crippen LogP contribution in [0.5, 0.6) is 17.2 Å². The van der Waals surface area contributed by atoms with Crippen molar-refractivity contribution in [1.82, 2.24) is 9.91 Å². The molecule has 7 nitrogen and oxygen atoms in total. The van der Waals surface area contributed by atoms with Crippen molar-refractivity contribution in [1.29, 1.82) is 0 Å². The molecule has 1 atom stereocenters. The van der Waals surface area contributed by atoms with E-state index in [-0.39, 0.29) is 18.7 Å². The summed E-state index contributed by atoms with van der Waals surface area (Å²) in [7, 11) is 1.65. The Morgan fingerprint density at radius 3 is 2.63 bits per heavy atom. The molecule has 0 saturated carbocycles. The van der Waals surface area contributed by atoms with Gasteiger partial charge in [0.15, 0.2) is 11.5 Å². The minimum Gasteiger partial charge on any atom is -0.497 e. The average molecular weight is 407 g/mol. The van der Waals surface area contributed by atoms with E-state index in [0.29, 0.717) is 13.0 Å². The molecular formula is C23H25N3O4. The smallest absolute Gasteiger partial charge is 0.257 e. The van der Waals surface area contributed by atoms with Gasteiger partial charge in [0.1, 0.15) is 5.75 Å². The number of likely N-dealkylation sites (tertiary alicyclic amines) is 1. The van der Waals surface area contributed by atoms with Gasteiger partial charge in [-0.3, -0.25) is 9.69 Å². The molecule has 0 spiro atoms. The normalized spacial score (nSPS) is 20.5. The van der Waals surface area contributed by atoms with Crippen molar-refractivity contribution < 1.29 is 19.0 Å². The predicted molar refractivity (Wildman–Crippen MR) is 112 cm³/mol. The van der Waals surface area contributed by atoms with E-state index < -0.39 is 0 Å². The SMILES string of the molecule is COc1ccc(C2=NN(C(=O)CN3CCCC3)[C@@H](c3ccc4c(c3)OCO4)C2)cc1. The lowest BCUT2D eigenvalue weighted by Gasteiger charge is -2.24. The highest BCUT2D eigenvalue weighted by molar-refractivity contribution is 6.03. The van der Waals surface area contributed by atoms with Crippen molar-refractivity contribution in [2.45, 2.75) is 25.3 Å². The third-order valence-electron chi connectivity index (χ3n) is 5.93. The van der Waals surface area contributed by atoms with Gasteiger partial charge in [0, 0.05) is 6.42 Å². The van der Waals surface area contributed by atoms with Crippen molar-refractivity contribution in [2.75, 3.05) is 33.5 Å². The number of carbonyl (C=O) groups is 1. The van der Waals surface area contributed by atoms with Gasteiger partial charge in [0.25, 0.3) is 5.91 Å². The third kappa shape index (κ3) is 3.61. The molecule has 0 aromatic heterocycles. The monoisotopic (exact) mass is 407 g/mol. The van der Waals surface area contributed by atoms with Crippen molar-refractivity contribution in [3.8, 4) is 17.2 Å². The zero-order valence-corrected chi connectivity index (χ0v) is 17.0. The molecule has 1 amide bonds. The predicted octanol–water partition coefficient (Wildman–Crippen LogP) is 3.20. The number of hydrogen-bond acceptors (Lipinski definition) is 6. The molecule has 2 aromatic carbocycles. The van der Waals surface area contributed by atoms with E-state index in [1.165, 1.54) is 0 Å². The summed E-state index contributed by atoms with van der Waals surface area (Å²) in [6, 6.07) is 13.5. The zero-order chi connectivity index (χ0) is 20.5. The summed E-state index contributed by atoms with van der Waals surface area (Å²) in [6.07, 6.45) is 2.95. The highest BCUT2D eigenvalue weighted by atomic mass is 16.7. The van der Waals surface area contributed by atoms with Crippen LogP contribution < -0.4 is 14.2 Å². The average Bonchev–Trinajstić information content (AvgIpc) is 3.53. The van der Waals surface area contributed by atoms with Crippen molar-refractivity contribution >= 4 is 11.6 Å². The fourth-order valence-electron chi connectivity index (χ4n) is 4.28. The van der Waals surface area contributed by atoms with Crippen LogP contribution in [0, 0.1) is 0 Å². The lowest BCUT2D eigenvalue weighted by Crippen LogP contribution is -2.36. The van der Waals surface area contributed by atoms with Crippen LogP contribution in [0.2, 0.25) is 0 Å². The minimum atomic E-state index is -0.160. The molecule has 3 aliphatic heterocycles. The molecule has 7 heteroatoms. The minimum absolute atomic E-state index is 0.0306. The number of nitrogens with zero attached hydrogens (tertiary/aromatic N) is 3. The summed E-state index contributed by atoms with van der Waals surface area (Å²) < 4.78 is 16.3. The van der Waals surface area contributed by atoms with E-state index in [2.05, 4.69) is 4.90 Å². The molecule has 3 heterocycles. The number of rotatable bonds is 5. The zero-order valence-electron chi connectivity index (χ0n) is 17.0. The van der Waals surface area contributed by atoms with Gasteiger partial charge in [-0.25, -0.2) is 5.01 Å². The van der Waals surface area contributed by atoms with Crippen molar-refractivity contribution in [3.05, 3.63) is 53.6 Å². The first-order chi connectivity index (χ1) is 14.7. The Hall–Kier alpha value is -3.06. The van der Waals surface area contributed by atoms with Crippen LogP contribution in [0.15, 0.2) is 47.6 Å². The number of hydrazone groups is 1. The van der Waals surface area contributed by atoms with Crippen LogP contribution in [0.25, 0.3) is 0 Å². The molecule has 3 aliphatic rings. The summed E-state index contributed by atoms with van der Waals surface area (Å²) in [5.41, 5.74) is 2.90. The maximum atomic E-state index is 13.2. The van der Waals surface area contributed by atoms with Crippen molar-refractivity contribution in [2.24, 2.45) is 5.10 Å². The highest BCUT2D eigenvalue weighted by Crippen LogP contribution is 2.39. The number of amides is 1. The second-order valence-electron chi connectivity index (χ2n) is 7.83. The summed E-state index contributed by atoms with van der Waals surface area (Å²) in [4.78, 5) is 15.4. The maximum absolute atomic E-state index is 13.2. The van der Waals surface area contributed by atoms with E-state index in [9.17, 15) is 4.79 Å². The molecule has 0 N–H and O–H groups in total. The van der Waals surface area contributed by atoms with Gasteiger partial charge < -0.3 is 14.2 Å². The Morgan fingerprint density at radius 1 is 1.10 bits per heavy atom. The van der Waals surface area contributed by atoms with Crippen molar-refractivity contribution in [3.63, 3.8) is 0 Å². The molecule has 30 heavy (non-hydrogen) atoms. The fourth-order valence-corrected chi connectivity index (χ4v) is 4.28. The van der Waals surface area contributed by atoms with E-state index in [0.717, 1.165) is 60.0 Å². The van der Waals surface area contributed by atoms with Gasteiger partial charge in [0.05, 0.1) is 25.4 Å². The first kappa shape index (κ1) is 18.9. The van der Waals surface area contributed by atoms with Crippen LogP contribution in [-0.4, -0.2) is 55.1 Å².